The Labute approximate surface area is 104 Å². The lowest BCUT2D eigenvalue weighted by Gasteiger charge is -2.18. The average Bonchev–Trinajstić information content (AvgIpc) is 2.43. The highest BCUT2D eigenvalue weighted by Gasteiger charge is 2.19. The molecule has 0 bridgehead atoms. The number of rotatable bonds is 2. The SMILES string of the molecule is CCNC1CCCSc2c(Br)cccc21. The van der Waals surface area contributed by atoms with Crippen molar-refractivity contribution in [1.82, 2.24) is 5.32 Å². The highest BCUT2D eigenvalue weighted by molar-refractivity contribution is 9.10. The predicted molar refractivity (Wildman–Crippen MR) is 70.5 cm³/mol. The molecule has 1 aromatic carbocycles. The Morgan fingerprint density at radius 3 is 3.20 bits per heavy atom. The van der Waals surface area contributed by atoms with Crippen molar-refractivity contribution in [3.63, 3.8) is 0 Å². The molecule has 0 radical (unpaired) electrons. The Kier molecular flexibility index (Phi) is 4.12. The van der Waals surface area contributed by atoms with Crippen LogP contribution in [0, 0.1) is 0 Å². The quantitative estimate of drug-likeness (QED) is 0.882. The highest BCUT2D eigenvalue weighted by Crippen LogP contribution is 2.39. The van der Waals surface area contributed by atoms with Crippen molar-refractivity contribution < 1.29 is 0 Å². The molecule has 0 saturated heterocycles. The average molecular weight is 286 g/mol. The molecule has 0 fully saturated rings. The normalized spacial score (nSPS) is 20.8. The molecule has 1 aliphatic rings. The van der Waals surface area contributed by atoms with E-state index in [1.165, 1.54) is 33.5 Å². The van der Waals surface area contributed by atoms with Gasteiger partial charge in [-0.3, -0.25) is 0 Å². The van der Waals surface area contributed by atoms with Crippen LogP contribution in [-0.4, -0.2) is 12.3 Å². The van der Waals surface area contributed by atoms with Gasteiger partial charge in [-0.15, -0.1) is 11.8 Å². The molecule has 2 rings (SSSR count). The summed E-state index contributed by atoms with van der Waals surface area (Å²) in [6.45, 7) is 3.22. The molecule has 82 valence electrons. The van der Waals surface area contributed by atoms with Gasteiger partial charge in [0, 0.05) is 15.4 Å². The van der Waals surface area contributed by atoms with Crippen LogP contribution >= 0.6 is 27.7 Å². The number of nitrogens with one attached hydrogen (secondary N) is 1. The minimum Gasteiger partial charge on any atom is -0.310 e. The van der Waals surface area contributed by atoms with Gasteiger partial charge in [0.25, 0.3) is 0 Å². The summed E-state index contributed by atoms with van der Waals surface area (Å²) in [5.74, 6) is 1.23. The Hall–Kier alpha value is 0.0100. The van der Waals surface area contributed by atoms with Gasteiger partial charge in [0.05, 0.1) is 0 Å². The van der Waals surface area contributed by atoms with Crippen molar-refractivity contribution in [2.75, 3.05) is 12.3 Å². The first-order valence-electron chi connectivity index (χ1n) is 5.47. The van der Waals surface area contributed by atoms with E-state index < -0.39 is 0 Å². The van der Waals surface area contributed by atoms with E-state index >= 15 is 0 Å². The van der Waals surface area contributed by atoms with Crippen LogP contribution in [0.3, 0.4) is 0 Å². The third-order valence-electron chi connectivity index (χ3n) is 2.71. The zero-order chi connectivity index (χ0) is 10.7. The van der Waals surface area contributed by atoms with Crippen molar-refractivity contribution in [2.24, 2.45) is 0 Å². The first-order valence-corrected chi connectivity index (χ1v) is 7.25. The first-order chi connectivity index (χ1) is 7.33. The lowest BCUT2D eigenvalue weighted by Crippen LogP contribution is -2.20. The maximum atomic E-state index is 3.65. The van der Waals surface area contributed by atoms with Crippen molar-refractivity contribution in [3.05, 3.63) is 28.2 Å². The van der Waals surface area contributed by atoms with Crippen LogP contribution < -0.4 is 5.32 Å². The van der Waals surface area contributed by atoms with Crippen LogP contribution in [0.2, 0.25) is 0 Å². The summed E-state index contributed by atoms with van der Waals surface area (Å²) >= 11 is 5.63. The molecule has 1 atom stereocenters. The second-order valence-electron chi connectivity index (χ2n) is 3.76. The minimum absolute atomic E-state index is 0.539. The fraction of sp³-hybridized carbons (Fsp3) is 0.500. The van der Waals surface area contributed by atoms with Gasteiger partial charge < -0.3 is 5.32 Å². The van der Waals surface area contributed by atoms with Crippen molar-refractivity contribution in [1.29, 1.82) is 0 Å². The number of fused-ring (bicyclic) bond motifs is 1. The lowest BCUT2D eigenvalue weighted by atomic mass is 10.0. The number of benzene rings is 1. The molecule has 1 aliphatic heterocycles. The summed E-state index contributed by atoms with van der Waals surface area (Å²) in [4.78, 5) is 1.43. The van der Waals surface area contributed by atoms with E-state index in [1.807, 2.05) is 11.8 Å². The Morgan fingerprint density at radius 1 is 1.53 bits per heavy atom. The van der Waals surface area contributed by atoms with E-state index in [0.29, 0.717) is 6.04 Å². The predicted octanol–water partition coefficient (Wildman–Crippen LogP) is 3.99. The van der Waals surface area contributed by atoms with Crippen LogP contribution in [0.25, 0.3) is 0 Å². The minimum atomic E-state index is 0.539. The van der Waals surface area contributed by atoms with Crippen LogP contribution in [0.1, 0.15) is 31.4 Å². The van der Waals surface area contributed by atoms with Gasteiger partial charge in [-0.1, -0.05) is 19.1 Å². The van der Waals surface area contributed by atoms with Gasteiger partial charge in [-0.2, -0.15) is 0 Å². The molecular weight excluding hydrogens is 270 g/mol. The van der Waals surface area contributed by atoms with Gasteiger partial charge in [-0.25, -0.2) is 0 Å². The third kappa shape index (κ3) is 2.58. The topological polar surface area (TPSA) is 12.0 Å². The van der Waals surface area contributed by atoms with Crippen LogP contribution in [0.4, 0.5) is 0 Å². The second kappa shape index (κ2) is 5.37. The largest absolute Gasteiger partial charge is 0.310 e. The van der Waals surface area contributed by atoms with E-state index in [2.05, 4.69) is 46.4 Å². The molecular formula is C12H16BrNS. The Morgan fingerprint density at radius 2 is 2.40 bits per heavy atom. The van der Waals surface area contributed by atoms with Crippen LogP contribution in [-0.2, 0) is 0 Å². The molecule has 3 heteroatoms. The van der Waals surface area contributed by atoms with Gasteiger partial charge in [-0.05, 0) is 52.7 Å². The fourth-order valence-electron chi connectivity index (χ4n) is 2.03. The summed E-state index contributed by atoms with van der Waals surface area (Å²) in [6.07, 6.45) is 2.55. The molecule has 1 N–H and O–H groups in total. The zero-order valence-electron chi connectivity index (χ0n) is 8.92. The summed E-state index contributed by atoms with van der Waals surface area (Å²) in [6, 6.07) is 7.07. The Balaban J connectivity index is 2.36. The summed E-state index contributed by atoms with van der Waals surface area (Å²) in [5.41, 5.74) is 1.47. The van der Waals surface area contributed by atoms with Crippen molar-refractivity contribution in [2.45, 2.75) is 30.7 Å². The fourth-order valence-corrected chi connectivity index (χ4v) is 3.85. The van der Waals surface area contributed by atoms with Crippen molar-refractivity contribution in [3.8, 4) is 0 Å². The first kappa shape index (κ1) is 11.5. The molecule has 1 heterocycles. The smallest absolute Gasteiger partial charge is 0.0331 e. The van der Waals surface area contributed by atoms with Gasteiger partial charge in [0.15, 0.2) is 0 Å². The molecule has 0 spiro atoms. The summed E-state index contributed by atoms with van der Waals surface area (Å²) < 4.78 is 1.25. The maximum Gasteiger partial charge on any atom is 0.0331 e. The van der Waals surface area contributed by atoms with E-state index in [4.69, 9.17) is 0 Å². The van der Waals surface area contributed by atoms with Gasteiger partial charge in [0.1, 0.15) is 0 Å². The monoisotopic (exact) mass is 285 g/mol. The number of thioether (sulfide) groups is 1. The molecule has 1 unspecified atom stereocenters. The lowest BCUT2D eigenvalue weighted by molar-refractivity contribution is 0.508. The van der Waals surface area contributed by atoms with E-state index in [9.17, 15) is 0 Å². The van der Waals surface area contributed by atoms with Crippen LogP contribution in [0.15, 0.2) is 27.6 Å². The summed E-state index contributed by atoms with van der Waals surface area (Å²) in [5, 5.41) is 3.57. The molecule has 0 saturated carbocycles. The molecule has 15 heavy (non-hydrogen) atoms. The van der Waals surface area contributed by atoms with Crippen molar-refractivity contribution >= 4 is 27.7 Å². The van der Waals surface area contributed by atoms with Gasteiger partial charge >= 0.3 is 0 Å². The molecule has 0 amide bonds. The number of hydrogen-bond donors (Lipinski definition) is 1. The van der Waals surface area contributed by atoms with Gasteiger partial charge in [0.2, 0.25) is 0 Å². The number of hydrogen-bond acceptors (Lipinski definition) is 2. The third-order valence-corrected chi connectivity index (χ3v) is 4.87. The molecule has 0 aromatic heterocycles. The Bertz CT molecular complexity index is 340. The molecule has 1 aromatic rings. The zero-order valence-corrected chi connectivity index (χ0v) is 11.3. The second-order valence-corrected chi connectivity index (χ2v) is 5.72. The maximum absolute atomic E-state index is 3.65. The summed E-state index contributed by atoms with van der Waals surface area (Å²) in [7, 11) is 0. The van der Waals surface area contributed by atoms with E-state index in [0.717, 1.165) is 6.54 Å². The van der Waals surface area contributed by atoms with E-state index in [1.54, 1.807) is 0 Å². The molecule has 1 nitrogen and oxygen atoms in total. The standard InChI is InChI=1S/C12H16BrNS/c1-2-14-11-7-4-8-15-12-9(11)5-3-6-10(12)13/h3,5-6,11,14H,2,4,7-8H2,1H3. The van der Waals surface area contributed by atoms with E-state index in [-0.39, 0.29) is 0 Å². The molecule has 0 aliphatic carbocycles. The number of halogens is 1. The highest BCUT2D eigenvalue weighted by atomic mass is 79.9. The van der Waals surface area contributed by atoms with Crippen LogP contribution in [0.5, 0.6) is 0 Å².